The molecule has 0 radical (unpaired) electrons. The monoisotopic (exact) mass is 417 g/mol. The summed E-state index contributed by atoms with van der Waals surface area (Å²) >= 11 is 4.54. The number of nitrogens with zero attached hydrogens (tertiary/aromatic N) is 1. The van der Waals surface area contributed by atoms with Gasteiger partial charge >= 0.3 is 6.18 Å². The Kier molecular flexibility index (Phi) is 4.55. The number of carbonyl (C=O) groups is 1. The van der Waals surface area contributed by atoms with Crippen LogP contribution in [0.25, 0.3) is 0 Å². The van der Waals surface area contributed by atoms with Crippen LogP contribution in [0.3, 0.4) is 0 Å². The number of ketones is 1. The lowest BCUT2D eigenvalue weighted by atomic mass is 10.0. The van der Waals surface area contributed by atoms with Gasteiger partial charge < -0.3 is 0 Å². The molecule has 1 rings (SSSR count). The molecule has 0 bridgehead atoms. The Morgan fingerprint density at radius 1 is 1.47 bits per heavy atom. The van der Waals surface area contributed by atoms with Crippen molar-refractivity contribution < 1.29 is 18.0 Å². The van der Waals surface area contributed by atoms with Crippen LogP contribution in [0.15, 0.2) is 12.1 Å². The molecule has 0 saturated heterocycles. The van der Waals surface area contributed by atoms with Crippen LogP contribution in [0.1, 0.15) is 21.5 Å². The summed E-state index contributed by atoms with van der Waals surface area (Å²) in [5.41, 5.74) is -1.16. The van der Waals surface area contributed by atoms with Crippen LogP contribution in [-0.4, -0.2) is 11.1 Å². The second-order valence-corrected chi connectivity index (χ2v) is 4.77. The smallest absolute Gasteiger partial charge is 0.293 e. The van der Waals surface area contributed by atoms with Gasteiger partial charge in [-0.15, -0.1) is 0 Å². The van der Waals surface area contributed by atoms with Crippen LogP contribution < -0.4 is 0 Å². The molecule has 0 aliphatic carbocycles. The summed E-state index contributed by atoms with van der Waals surface area (Å²) in [4.78, 5) is 11.5. The number of carbonyl (C=O) groups excluding carboxylic acids is 1. The summed E-state index contributed by atoms with van der Waals surface area (Å²) in [7, 11) is 0. The minimum atomic E-state index is -4.53. The number of Topliss-reactive ketones (excluding diaryl/α,β-unsaturated/α-hetero) is 1. The van der Waals surface area contributed by atoms with Crippen molar-refractivity contribution in [1.29, 1.82) is 5.26 Å². The van der Waals surface area contributed by atoms with E-state index < -0.39 is 17.5 Å². The maximum Gasteiger partial charge on any atom is 0.416 e. The number of halogens is 5. The van der Waals surface area contributed by atoms with Gasteiger partial charge in [0.2, 0.25) is 0 Å². The van der Waals surface area contributed by atoms with E-state index in [2.05, 4.69) is 15.9 Å². The van der Waals surface area contributed by atoms with Gasteiger partial charge in [-0.3, -0.25) is 4.79 Å². The van der Waals surface area contributed by atoms with E-state index in [1.165, 1.54) is 0 Å². The molecule has 1 aromatic rings. The van der Waals surface area contributed by atoms with Gasteiger partial charge in [-0.2, -0.15) is 18.4 Å². The zero-order valence-corrected chi connectivity index (χ0v) is 11.9. The molecule has 7 heteroatoms. The topological polar surface area (TPSA) is 40.9 Å². The van der Waals surface area contributed by atoms with E-state index in [4.69, 9.17) is 5.26 Å². The summed E-state index contributed by atoms with van der Waals surface area (Å²) in [5, 5.41) is 8.75. The van der Waals surface area contributed by atoms with Crippen LogP contribution in [0.5, 0.6) is 0 Å². The van der Waals surface area contributed by atoms with E-state index in [9.17, 15) is 18.0 Å². The molecule has 0 unspecified atom stereocenters. The Bertz CT molecular complexity index is 507. The molecule has 0 fully saturated rings. The van der Waals surface area contributed by atoms with Crippen LogP contribution >= 0.6 is 38.5 Å². The van der Waals surface area contributed by atoms with Gasteiger partial charge in [-0.25, -0.2) is 0 Å². The number of alkyl halides is 4. The normalized spacial score (nSPS) is 11.1. The Morgan fingerprint density at radius 2 is 2.06 bits per heavy atom. The highest BCUT2D eigenvalue weighted by atomic mass is 127. The summed E-state index contributed by atoms with van der Waals surface area (Å²) in [6.07, 6.45) is -4.53. The average molecular weight is 418 g/mol. The van der Waals surface area contributed by atoms with E-state index in [0.717, 1.165) is 6.07 Å². The minimum Gasteiger partial charge on any atom is -0.293 e. The maximum absolute atomic E-state index is 12.5. The lowest BCUT2D eigenvalue weighted by molar-refractivity contribution is -0.137. The number of hydrogen-bond donors (Lipinski definition) is 0. The van der Waals surface area contributed by atoms with Gasteiger partial charge in [-0.1, -0.05) is 15.9 Å². The SMILES string of the molecule is N#Cc1cc(C(F)(F)F)cc(I)c1C(=O)CBr. The van der Waals surface area contributed by atoms with Crippen LogP contribution in [-0.2, 0) is 6.18 Å². The molecule has 0 atom stereocenters. The van der Waals surface area contributed by atoms with Crippen molar-refractivity contribution in [2.24, 2.45) is 0 Å². The van der Waals surface area contributed by atoms with E-state index in [1.54, 1.807) is 28.7 Å². The number of benzene rings is 1. The molecule has 90 valence electrons. The molecule has 17 heavy (non-hydrogen) atoms. The summed E-state index contributed by atoms with van der Waals surface area (Å²) in [6.45, 7) is 0. The van der Waals surface area contributed by atoms with Crippen molar-refractivity contribution in [3.8, 4) is 6.07 Å². The first kappa shape index (κ1) is 14.4. The molecule has 0 spiro atoms. The number of nitriles is 1. The van der Waals surface area contributed by atoms with Crippen molar-refractivity contribution >= 4 is 44.3 Å². The Hall–Kier alpha value is -0.620. The van der Waals surface area contributed by atoms with Crippen LogP contribution in [0, 0.1) is 14.9 Å². The first-order valence-electron chi connectivity index (χ1n) is 4.21. The largest absolute Gasteiger partial charge is 0.416 e. The van der Waals surface area contributed by atoms with Crippen molar-refractivity contribution in [2.45, 2.75) is 6.18 Å². The second-order valence-electron chi connectivity index (χ2n) is 3.05. The summed E-state index contributed by atoms with van der Waals surface area (Å²) in [6, 6.07) is 3.17. The molecule has 1 aromatic carbocycles. The third kappa shape index (κ3) is 3.19. The van der Waals surface area contributed by atoms with E-state index in [-0.39, 0.29) is 20.0 Å². The fraction of sp³-hybridized carbons (Fsp3) is 0.200. The lowest BCUT2D eigenvalue weighted by Crippen LogP contribution is -2.11. The zero-order chi connectivity index (χ0) is 13.2. The van der Waals surface area contributed by atoms with Crippen molar-refractivity contribution in [2.75, 3.05) is 5.33 Å². The first-order valence-corrected chi connectivity index (χ1v) is 6.41. The molecule has 0 saturated carbocycles. The molecular formula is C10H4BrF3INO. The molecule has 0 amide bonds. The van der Waals surface area contributed by atoms with E-state index in [0.29, 0.717) is 6.07 Å². The van der Waals surface area contributed by atoms with Crippen molar-refractivity contribution in [1.82, 2.24) is 0 Å². The molecule has 0 aromatic heterocycles. The lowest BCUT2D eigenvalue weighted by Gasteiger charge is -2.10. The Balaban J connectivity index is 3.48. The Labute approximate surface area is 117 Å². The summed E-state index contributed by atoms with van der Waals surface area (Å²) < 4.78 is 37.6. The fourth-order valence-corrected chi connectivity index (χ4v) is 2.42. The number of rotatable bonds is 2. The molecule has 0 aliphatic rings. The quantitative estimate of drug-likeness (QED) is 0.417. The van der Waals surface area contributed by atoms with Crippen molar-refractivity contribution in [3.05, 3.63) is 32.4 Å². The van der Waals surface area contributed by atoms with E-state index >= 15 is 0 Å². The highest BCUT2D eigenvalue weighted by molar-refractivity contribution is 14.1. The fourth-order valence-electron chi connectivity index (χ4n) is 1.21. The Morgan fingerprint density at radius 3 is 2.47 bits per heavy atom. The van der Waals surface area contributed by atoms with Crippen LogP contribution in [0.2, 0.25) is 0 Å². The van der Waals surface area contributed by atoms with E-state index in [1.807, 2.05) is 0 Å². The first-order chi connectivity index (χ1) is 7.81. The molecular weight excluding hydrogens is 414 g/mol. The van der Waals surface area contributed by atoms with Gasteiger partial charge in [0.15, 0.2) is 5.78 Å². The molecule has 0 N–H and O–H groups in total. The van der Waals surface area contributed by atoms with Gasteiger partial charge in [0.25, 0.3) is 0 Å². The third-order valence-corrected chi connectivity index (χ3v) is 3.30. The second kappa shape index (κ2) is 5.35. The molecule has 0 heterocycles. The average Bonchev–Trinajstić information content (AvgIpc) is 2.25. The molecule has 0 aliphatic heterocycles. The highest BCUT2D eigenvalue weighted by Crippen LogP contribution is 2.32. The predicted octanol–water partition coefficient (Wildman–Crippen LogP) is 3.76. The van der Waals surface area contributed by atoms with Gasteiger partial charge in [-0.05, 0) is 34.7 Å². The standard InChI is InChI=1S/C10H4BrF3INO/c11-3-8(17)9-5(4-16)1-6(2-7(9)15)10(12,13)14/h1-2H,3H2. The highest BCUT2D eigenvalue weighted by Gasteiger charge is 2.32. The van der Waals surface area contributed by atoms with Gasteiger partial charge in [0, 0.05) is 9.13 Å². The molecule has 2 nitrogen and oxygen atoms in total. The number of hydrogen-bond acceptors (Lipinski definition) is 2. The van der Waals surface area contributed by atoms with Crippen molar-refractivity contribution in [3.63, 3.8) is 0 Å². The predicted molar refractivity (Wildman–Crippen MR) is 67.0 cm³/mol. The maximum atomic E-state index is 12.5. The van der Waals surface area contributed by atoms with Gasteiger partial charge in [0.1, 0.15) is 0 Å². The zero-order valence-electron chi connectivity index (χ0n) is 8.11. The van der Waals surface area contributed by atoms with Gasteiger partial charge in [0.05, 0.1) is 22.5 Å². The minimum absolute atomic E-state index is 0.0259. The third-order valence-electron chi connectivity index (χ3n) is 1.94. The van der Waals surface area contributed by atoms with Crippen LogP contribution in [0.4, 0.5) is 13.2 Å². The summed E-state index contributed by atoms with van der Waals surface area (Å²) in [5.74, 6) is -0.417.